The molecule has 0 aromatic heterocycles. The second kappa shape index (κ2) is 4.94. The van der Waals surface area contributed by atoms with Gasteiger partial charge >= 0.3 is 0 Å². The maximum atomic E-state index is 12.5. The lowest BCUT2D eigenvalue weighted by atomic mass is 9.95. The summed E-state index contributed by atoms with van der Waals surface area (Å²) in [6.07, 6.45) is 5.78. The number of likely N-dealkylation sites (tertiary alicyclic amines) is 1. The average molecular weight is 303 g/mol. The van der Waals surface area contributed by atoms with Crippen molar-refractivity contribution in [1.82, 2.24) is 10.2 Å². The minimum atomic E-state index is -0.205. The molecule has 0 spiro atoms. The van der Waals surface area contributed by atoms with Crippen LogP contribution in [0.3, 0.4) is 0 Å². The van der Waals surface area contributed by atoms with Crippen LogP contribution in [0, 0.1) is 29.1 Å². The number of amides is 1. The molecule has 3 saturated carbocycles. The largest absolute Gasteiger partial charge is 0.393 e. The normalized spacial score (nSPS) is 48.9. The lowest BCUT2D eigenvalue weighted by Crippen LogP contribution is -2.49. The molecule has 0 radical (unpaired) electrons. The molecule has 7 atom stereocenters. The zero-order valence-corrected chi connectivity index (χ0v) is 13.2. The van der Waals surface area contributed by atoms with Gasteiger partial charge in [-0.25, -0.2) is 0 Å². The van der Waals surface area contributed by atoms with Crippen molar-refractivity contribution in [3.05, 3.63) is 0 Å². The van der Waals surface area contributed by atoms with Gasteiger partial charge in [0.2, 0.25) is 5.91 Å². The third-order valence-corrected chi connectivity index (χ3v) is 6.45. The number of rotatable bonds is 3. The van der Waals surface area contributed by atoms with Crippen LogP contribution in [0.25, 0.3) is 0 Å². The minimum Gasteiger partial charge on any atom is -0.393 e. The summed E-state index contributed by atoms with van der Waals surface area (Å²) in [4.78, 5) is 14.4. The van der Waals surface area contributed by atoms with E-state index in [1.54, 1.807) is 0 Å². The number of carbonyl (C=O) groups excluding carboxylic acids is 1. The van der Waals surface area contributed by atoms with Crippen molar-refractivity contribution in [2.24, 2.45) is 17.8 Å². The van der Waals surface area contributed by atoms with Crippen LogP contribution in [-0.4, -0.2) is 46.2 Å². The Kier molecular flexibility index (Phi) is 3.25. The number of piperidine rings is 1. The van der Waals surface area contributed by atoms with Crippen molar-refractivity contribution in [2.45, 2.75) is 69.2 Å². The molecule has 22 heavy (non-hydrogen) atoms. The fourth-order valence-corrected chi connectivity index (χ4v) is 5.38. The van der Waals surface area contributed by atoms with Gasteiger partial charge in [0.15, 0.2) is 0 Å². The highest BCUT2D eigenvalue weighted by atomic mass is 16.3. The Bertz CT molecular complexity index is 514. The first-order valence-corrected chi connectivity index (χ1v) is 8.63. The molecule has 120 valence electrons. The molecule has 4 fully saturated rings. The molecule has 1 saturated heterocycles. The Morgan fingerprint density at radius 2 is 1.95 bits per heavy atom. The summed E-state index contributed by atoms with van der Waals surface area (Å²) in [5.74, 6) is 1.88. The van der Waals surface area contributed by atoms with Gasteiger partial charge in [-0.15, -0.1) is 0 Å². The zero-order valence-electron chi connectivity index (χ0n) is 13.2. The third-order valence-electron chi connectivity index (χ3n) is 6.45. The molecule has 5 heteroatoms. The summed E-state index contributed by atoms with van der Waals surface area (Å²) in [7, 11) is 0. The van der Waals surface area contributed by atoms with E-state index in [0.717, 1.165) is 38.5 Å². The van der Waals surface area contributed by atoms with E-state index in [1.165, 1.54) is 0 Å². The molecule has 4 aliphatic rings. The number of nitrogens with one attached hydrogen (secondary N) is 1. The quantitative estimate of drug-likeness (QED) is 0.816. The monoisotopic (exact) mass is 303 g/mol. The van der Waals surface area contributed by atoms with E-state index >= 15 is 0 Å². The molecule has 0 aromatic rings. The van der Waals surface area contributed by atoms with Gasteiger partial charge in [-0.1, -0.05) is 0 Å². The first kappa shape index (κ1) is 14.5. The Hall–Kier alpha value is -1.12. The molecule has 2 N–H and O–H groups in total. The molecular weight excluding hydrogens is 278 g/mol. The van der Waals surface area contributed by atoms with Crippen LogP contribution in [-0.2, 0) is 4.79 Å². The standard InChI is InChI=1S/C17H25N3O2/c1-17(6-11-3-14(21)4-12(11)7-17)19-9-16(22)20-13(8-18)2-10-5-15(10)20/h10-15,19,21H,2-7,9H2,1H3/t10?,11-,12+,13-,14?,15-,17?/m0/s1. The van der Waals surface area contributed by atoms with Crippen LogP contribution < -0.4 is 5.32 Å². The molecular formula is C17H25N3O2. The number of hydrogen-bond donors (Lipinski definition) is 2. The highest BCUT2D eigenvalue weighted by Crippen LogP contribution is 2.49. The van der Waals surface area contributed by atoms with Gasteiger partial charge in [0, 0.05) is 11.6 Å². The van der Waals surface area contributed by atoms with Gasteiger partial charge in [-0.2, -0.15) is 5.26 Å². The number of aliphatic hydroxyl groups excluding tert-OH is 1. The number of aliphatic hydroxyl groups is 1. The third kappa shape index (κ3) is 2.33. The van der Waals surface area contributed by atoms with Crippen LogP contribution in [0.5, 0.6) is 0 Å². The van der Waals surface area contributed by atoms with Gasteiger partial charge in [-0.05, 0) is 63.2 Å². The molecule has 0 aromatic carbocycles. The summed E-state index contributed by atoms with van der Waals surface area (Å²) < 4.78 is 0. The van der Waals surface area contributed by atoms with Crippen LogP contribution in [0.4, 0.5) is 0 Å². The maximum Gasteiger partial charge on any atom is 0.237 e. The predicted molar refractivity (Wildman–Crippen MR) is 80.6 cm³/mol. The second-order valence-corrected chi connectivity index (χ2v) is 8.21. The van der Waals surface area contributed by atoms with Crippen LogP contribution in [0.2, 0.25) is 0 Å². The molecule has 5 nitrogen and oxygen atoms in total. The molecule has 1 heterocycles. The van der Waals surface area contributed by atoms with Gasteiger partial charge in [0.1, 0.15) is 6.04 Å². The van der Waals surface area contributed by atoms with Crippen LogP contribution in [0.15, 0.2) is 0 Å². The summed E-state index contributed by atoms with van der Waals surface area (Å²) in [5, 5.41) is 22.4. The summed E-state index contributed by atoms with van der Waals surface area (Å²) >= 11 is 0. The summed E-state index contributed by atoms with van der Waals surface area (Å²) in [6.45, 7) is 2.55. The van der Waals surface area contributed by atoms with E-state index in [4.69, 9.17) is 0 Å². The Labute approximate surface area is 131 Å². The van der Waals surface area contributed by atoms with Crippen molar-refractivity contribution in [3.63, 3.8) is 0 Å². The summed E-state index contributed by atoms with van der Waals surface area (Å²) in [5.41, 5.74) is 0.00987. The number of fused-ring (bicyclic) bond motifs is 2. The molecule has 3 aliphatic carbocycles. The van der Waals surface area contributed by atoms with E-state index in [2.05, 4.69) is 18.3 Å². The highest BCUT2D eigenvalue weighted by Gasteiger charge is 2.54. The van der Waals surface area contributed by atoms with E-state index in [9.17, 15) is 15.2 Å². The van der Waals surface area contributed by atoms with Gasteiger partial charge < -0.3 is 15.3 Å². The number of nitriles is 1. The van der Waals surface area contributed by atoms with Gasteiger partial charge in [0.05, 0.1) is 18.7 Å². The maximum absolute atomic E-state index is 12.5. The predicted octanol–water partition coefficient (Wildman–Crippen LogP) is 1.03. The first-order valence-electron chi connectivity index (χ1n) is 8.63. The number of carbonyl (C=O) groups is 1. The first-order chi connectivity index (χ1) is 10.5. The molecule has 0 bridgehead atoms. The van der Waals surface area contributed by atoms with Crippen LogP contribution >= 0.6 is 0 Å². The van der Waals surface area contributed by atoms with Gasteiger partial charge in [-0.3, -0.25) is 4.79 Å². The molecule has 1 amide bonds. The lowest BCUT2D eigenvalue weighted by Gasteiger charge is -2.29. The van der Waals surface area contributed by atoms with E-state index in [1.807, 2.05) is 4.90 Å². The smallest absolute Gasteiger partial charge is 0.237 e. The molecule has 3 unspecified atom stereocenters. The van der Waals surface area contributed by atoms with Crippen molar-refractivity contribution in [2.75, 3.05) is 6.54 Å². The Morgan fingerprint density at radius 1 is 1.27 bits per heavy atom. The minimum absolute atomic E-state index is 0.00987. The van der Waals surface area contributed by atoms with E-state index < -0.39 is 0 Å². The van der Waals surface area contributed by atoms with Crippen molar-refractivity contribution < 1.29 is 9.90 Å². The SMILES string of the molecule is CC1(NCC(=O)N2[C@H](C#N)CC3C[C@@H]32)C[C@H]2CC(O)C[C@H]2C1. The van der Waals surface area contributed by atoms with Gasteiger partial charge in [0.25, 0.3) is 0 Å². The second-order valence-electron chi connectivity index (χ2n) is 8.21. The van der Waals surface area contributed by atoms with E-state index in [-0.39, 0.29) is 23.6 Å². The number of hydrogen-bond acceptors (Lipinski definition) is 4. The fraction of sp³-hybridized carbons (Fsp3) is 0.882. The Morgan fingerprint density at radius 3 is 2.59 bits per heavy atom. The van der Waals surface area contributed by atoms with Crippen LogP contribution in [0.1, 0.15) is 45.4 Å². The average Bonchev–Trinajstić information content (AvgIpc) is 2.83. The molecule has 4 rings (SSSR count). The van der Waals surface area contributed by atoms with Crippen molar-refractivity contribution in [3.8, 4) is 6.07 Å². The van der Waals surface area contributed by atoms with Crippen molar-refractivity contribution >= 4 is 5.91 Å². The molecule has 1 aliphatic heterocycles. The van der Waals surface area contributed by atoms with E-state index in [0.29, 0.717) is 30.3 Å². The fourth-order valence-electron chi connectivity index (χ4n) is 5.38. The topological polar surface area (TPSA) is 76.4 Å². The Balaban J connectivity index is 1.33. The zero-order chi connectivity index (χ0) is 15.5. The highest BCUT2D eigenvalue weighted by molar-refractivity contribution is 5.80. The lowest BCUT2D eigenvalue weighted by molar-refractivity contribution is -0.131. The van der Waals surface area contributed by atoms with Crippen molar-refractivity contribution in [1.29, 1.82) is 5.26 Å². The number of nitrogens with zero attached hydrogens (tertiary/aromatic N) is 2. The summed E-state index contributed by atoms with van der Waals surface area (Å²) in [6, 6.07) is 2.41.